The molecule has 25 heavy (non-hydrogen) atoms. The summed E-state index contributed by atoms with van der Waals surface area (Å²) >= 11 is 7.89. The zero-order valence-corrected chi connectivity index (χ0v) is 15.0. The molecule has 128 valence electrons. The zero-order valence-electron chi connectivity index (χ0n) is 13.4. The van der Waals surface area contributed by atoms with Crippen molar-refractivity contribution in [1.29, 1.82) is 0 Å². The Morgan fingerprint density at radius 1 is 1.20 bits per heavy atom. The standard InChI is InChI=1S/C18H15ClN2O3S/c1-25-15-9-14-13(23-6-7-24-14)8-12(15)21-18(22)17-16(19)10-4-2-3-5-11(10)20-17/h2-5,8-9,20H,6-7H2,1H3,(H,21,22). The van der Waals surface area contributed by atoms with Gasteiger partial charge in [0.15, 0.2) is 11.5 Å². The Bertz CT molecular complexity index is 970. The number of amides is 1. The minimum Gasteiger partial charge on any atom is -0.486 e. The smallest absolute Gasteiger partial charge is 0.273 e. The number of aromatic amines is 1. The van der Waals surface area contributed by atoms with Gasteiger partial charge in [-0.15, -0.1) is 11.8 Å². The average molecular weight is 375 g/mol. The van der Waals surface area contributed by atoms with Crippen LogP contribution in [-0.4, -0.2) is 30.4 Å². The largest absolute Gasteiger partial charge is 0.486 e. The average Bonchev–Trinajstić information content (AvgIpc) is 2.98. The van der Waals surface area contributed by atoms with E-state index in [1.54, 1.807) is 6.07 Å². The lowest BCUT2D eigenvalue weighted by atomic mass is 10.2. The number of rotatable bonds is 3. The summed E-state index contributed by atoms with van der Waals surface area (Å²) < 4.78 is 11.2. The number of aromatic nitrogens is 1. The van der Waals surface area contributed by atoms with E-state index in [0.29, 0.717) is 41.1 Å². The third kappa shape index (κ3) is 2.92. The number of benzene rings is 2. The number of H-pyrrole nitrogens is 1. The Balaban J connectivity index is 1.69. The maximum absolute atomic E-state index is 12.7. The number of carbonyl (C=O) groups is 1. The van der Waals surface area contributed by atoms with Crippen LogP contribution in [0.3, 0.4) is 0 Å². The van der Waals surface area contributed by atoms with Crippen LogP contribution in [0.4, 0.5) is 5.69 Å². The molecule has 4 rings (SSSR count). The molecule has 1 amide bonds. The van der Waals surface area contributed by atoms with E-state index in [4.69, 9.17) is 21.1 Å². The maximum Gasteiger partial charge on any atom is 0.273 e. The van der Waals surface area contributed by atoms with Gasteiger partial charge in [-0.05, 0) is 18.4 Å². The molecular formula is C18H15ClN2O3S. The Labute approximate surface area is 153 Å². The number of anilines is 1. The zero-order chi connectivity index (χ0) is 17.4. The van der Waals surface area contributed by atoms with Crippen LogP contribution in [0.25, 0.3) is 10.9 Å². The van der Waals surface area contributed by atoms with Crippen molar-refractivity contribution in [2.75, 3.05) is 24.8 Å². The molecule has 1 aliphatic heterocycles. The monoisotopic (exact) mass is 374 g/mol. The number of thioether (sulfide) groups is 1. The molecule has 0 aliphatic carbocycles. The molecule has 7 heteroatoms. The molecular weight excluding hydrogens is 360 g/mol. The summed E-state index contributed by atoms with van der Waals surface area (Å²) in [6, 6.07) is 11.2. The molecule has 2 aromatic carbocycles. The molecule has 0 radical (unpaired) electrons. The lowest BCUT2D eigenvalue weighted by Gasteiger charge is -2.20. The first-order chi connectivity index (χ1) is 12.2. The SMILES string of the molecule is CSc1cc2c(cc1NC(=O)c1[nH]c3ccccc3c1Cl)OCCO2. The van der Waals surface area contributed by atoms with Crippen molar-refractivity contribution < 1.29 is 14.3 Å². The van der Waals surface area contributed by atoms with E-state index >= 15 is 0 Å². The molecule has 5 nitrogen and oxygen atoms in total. The summed E-state index contributed by atoms with van der Waals surface area (Å²) in [6.45, 7) is 1.02. The Morgan fingerprint density at radius 2 is 1.92 bits per heavy atom. The molecule has 2 heterocycles. The highest BCUT2D eigenvalue weighted by atomic mass is 35.5. The summed E-state index contributed by atoms with van der Waals surface area (Å²) in [5.74, 6) is 1.02. The van der Waals surface area contributed by atoms with E-state index in [1.165, 1.54) is 11.8 Å². The second-order valence-corrected chi connectivity index (χ2v) is 6.74. The first kappa shape index (κ1) is 16.2. The van der Waals surface area contributed by atoms with Crippen LogP contribution in [0.15, 0.2) is 41.3 Å². The lowest BCUT2D eigenvalue weighted by Crippen LogP contribution is -2.17. The first-order valence-electron chi connectivity index (χ1n) is 7.72. The number of para-hydroxylation sites is 1. The Kier molecular flexibility index (Phi) is 4.23. The molecule has 0 fully saturated rings. The van der Waals surface area contributed by atoms with Crippen LogP contribution in [0, 0.1) is 0 Å². The molecule has 0 saturated carbocycles. The summed E-state index contributed by atoms with van der Waals surface area (Å²) in [5.41, 5.74) is 1.83. The molecule has 3 aromatic rings. The predicted molar refractivity (Wildman–Crippen MR) is 100 cm³/mol. The highest BCUT2D eigenvalue weighted by molar-refractivity contribution is 7.98. The van der Waals surface area contributed by atoms with E-state index in [1.807, 2.05) is 36.6 Å². The van der Waals surface area contributed by atoms with Gasteiger partial charge in [-0.3, -0.25) is 4.79 Å². The van der Waals surface area contributed by atoms with Crippen molar-refractivity contribution in [2.24, 2.45) is 0 Å². The highest BCUT2D eigenvalue weighted by Crippen LogP contribution is 2.39. The van der Waals surface area contributed by atoms with Gasteiger partial charge in [-0.25, -0.2) is 0 Å². The van der Waals surface area contributed by atoms with E-state index < -0.39 is 0 Å². The number of nitrogens with one attached hydrogen (secondary N) is 2. The van der Waals surface area contributed by atoms with Gasteiger partial charge < -0.3 is 19.8 Å². The van der Waals surface area contributed by atoms with Gasteiger partial charge in [0, 0.05) is 21.9 Å². The minimum atomic E-state index is -0.298. The van der Waals surface area contributed by atoms with Crippen molar-refractivity contribution in [3.05, 3.63) is 47.1 Å². The van der Waals surface area contributed by atoms with Gasteiger partial charge in [0.25, 0.3) is 5.91 Å². The Morgan fingerprint density at radius 3 is 2.64 bits per heavy atom. The Hall–Kier alpha value is -2.31. The molecule has 0 saturated heterocycles. The topological polar surface area (TPSA) is 63.4 Å². The van der Waals surface area contributed by atoms with Crippen LogP contribution in [0.1, 0.15) is 10.5 Å². The van der Waals surface area contributed by atoms with Crippen LogP contribution >= 0.6 is 23.4 Å². The quantitative estimate of drug-likeness (QED) is 0.659. The third-order valence-corrected chi connectivity index (χ3v) is 5.15. The molecule has 1 aromatic heterocycles. The second kappa shape index (κ2) is 6.54. The maximum atomic E-state index is 12.7. The van der Waals surface area contributed by atoms with Crippen LogP contribution in [0.5, 0.6) is 11.5 Å². The van der Waals surface area contributed by atoms with Crippen molar-refractivity contribution in [3.8, 4) is 11.5 Å². The summed E-state index contributed by atoms with van der Waals surface area (Å²) in [4.78, 5) is 16.7. The van der Waals surface area contributed by atoms with Crippen LogP contribution in [-0.2, 0) is 0 Å². The normalized spacial score (nSPS) is 13.0. The van der Waals surface area contributed by atoms with Crippen molar-refractivity contribution >= 4 is 45.9 Å². The van der Waals surface area contributed by atoms with Gasteiger partial charge in [-0.2, -0.15) is 0 Å². The molecule has 1 aliphatic rings. The number of carbonyl (C=O) groups excluding carboxylic acids is 1. The van der Waals surface area contributed by atoms with Gasteiger partial charge in [0.05, 0.1) is 10.7 Å². The molecule has 0 atom stereocenters. The lowest BCUT2D eigenvalue weighted by molar-refractivity contribution is 0.102. The van der Waals surface area contributed by atoms with Crippen molar-refractivity contribution in [2.45, 2.75) is 4.90 Å². The van der Waals surface area contributed by atoms with E-state index in [9.17, 15) is 4.79 Å². The van der Waals surface area contributed by atoms with Crippen LogP contribution in [0.2, 0.25) is 5.02 Å². The highest BCUT2D eigenvalue weighted by Gasteiger charge is 2.20. The summed E-state index contributed by atoms with van der Waals surface area (Å²) in [6.07, 6.45) is 1.94. The van der Waals surface area contributed by atoms with E-state index in [-0.39, 0.29) is 5.91 Å². The number of hydrogen-bond donors (Lipinski definition) is 2. The molecule has 0 spiro atoms. The fourth-order valence-corrected chi connectivity index (χ4v) is 3.64. The van der Waals surface area contributed by atoms with Gasteiger partial charge in [0.1, 0.15) is 18.9 Å². The third-order valence-electron chi connectivity index (χ3n) is 3.98. The fourth-order valence-electron chi connectivity index (χ4n) is 2.79. The van der Waals surface area contributed by atoms with E-state index in [0.717, 1.165) is 15.8 Å². The van der Waals surface area contributed by atoms with Crippen molar-refractivity contribution in [1.82, 2.24) is 4.98 Å². The summed E-state index contributed by atoms with van der Waals surface area (Å²) in [7, 11) is 0. The molecule has 0 unspecified atom stereocenters. The van der Waals surface area contributed by atoms with Gasteiger partial charge >= 0.3 is 0 Å². The van der Waals surface area contributed by atoms with Gasteiger partial charge in [-0.1, -0.05) is 29.8 Å². The number of halogens is 1. The fraction of sp³-hybridized carbons (Fsp3) is 0.167. The van der Waals surface area contributed by atoms with E-state index in [2.05, 4.69) is 10.3 Å². The van der Waals surface area contributed by atoms with Gasteiger partial charge in [0.2, 0.25) is 0 Å². The number of ether oxygens (including phenoxy) is 2. The first-order valence-corrected chi connectivity index (χ1v) is 9.33. The summed E-state index contributed by atoms with van der Waals surface area (Å²) in [5, 5.41) is 4.15. The minimum absolute atomic E-state index is 0.298. The van der Waals surface area contributed by atoms with Crippen molar-refractivity contribution in [3.63, 3.8) is 0 Å². The predicted octanol–water partition coefficient (Wildman–Crippen LogP) is 4.57. The number of hydrogen-bond acceptors (Lipinski definition) is 4. The molecule has 0 bridgehead atoms. The second-order valence-electron chi connectivity index (χ2n) is 5.51. The number of fused-ring (bicyclic) bond motifs is 2. The van der Waals surface area contributed by atoms with Crippen LogP contribution < -0.4 is 14.8 Å². The molecule has 2 N–H and O–H groups in total.